The number of benzene rings is 1. The zero-order valence-corrected chi connectivity index (χ0v) is 20.2. The standard InChI is InChI=1S/C26H31N5O3/c1-15-12-18(13-21-22(15)29-26(34-4)30(21)3)25(33)31-11-9-20(16(2)14-31)28-24(32)23-19(17-7-8-17)6-5-10-27-23/h5-6,10,12-13,16-17,20H,7-9,11,14H2,1-4H3,(H,28,32)/t16-,20+/m0/s1. The second-order valence-electron chi connectivity index (χ2n) is 9.63. The highest BCUT2D eigenvalue weighted by Crippen LogP contribution is 2.41. The molecule has 34 heavy (non-hydrogen) atoms. The predicted molar refractivity (Wildman–Crippen MR) is 129 cm³/mol. The summed E-state index contributed by atoms with van der Waals surface area (Å²) in [5, 5.41) is 3.19. The Morgan fingerprint density at radius 2 is 2.00 bits per heavy atom. The van der Waals surface area contributed by atoms with Crippen LogP contribution in [0.4, 0.5) is 0 Å². The van der Waals surface area contributed by atoms with Crippen molar-refractivity contribution in [1.82, 2.24) is 24.8 Å². The van der Waals surface area contributed by atoms with E-state index in [0.717, 1.165) is 35.0 Å². The number of likely N-dealkylation sites (tertiary alicyclic amines) is 1. The van der Waals surface area contributed by atoms with E-state index in [4.69, 9.17) is 4.74 Å². The van der Waals surface area contributed by atoms with E-state index < -0.39 is 0 Å². The highest BCUT2D eigenvalue weighted by molar-refractivity contribution is 5.98. The van der Waals surface area contributed by atoms with E-state index in [0.29, 0.717) is 42.7 Å². The SMILES string of the molecule is COc1nc2c(C)cc(C(=O)N3CC[C@@H](NC(=O)c4ncccc4C4CC4)[C@@H](C)C3)cc2n1C. The van der Waals surface area contributed by atoms with Gasteiger partial charge in [0, 0.05) is 37.9 Å². The molecule has 2 atom stereocenters. The average molecular weight is 462 g/mol. The third-order valence-corrected chi connectivity index (χ3v) is 7.15. The largest absolute Gasteiger partial charge is 0.468 e. The fourth-order valence-electron chi connectivity index (χ4n) is 5.04. The van der Waals surface area contributed by atoms with Gasteiger partial charge in [-0.25, -0.2) is 0 Å². The van der Waals surface area contributed by atoms with Crippen LogP contribution in [0.5, 0.6) is 6.01 Å². The Hall–Kier alpha value is -3.42. The number of carbonyl (C=O) groups excluding carboxylic acids is 2. The number of rotatable bonds is 5. The van der Waals surface area contributed by atoms with Crippen molar-refractivity contribution < 1.29 is 14.3 Å². The van der Waals surface area contributed by atoms with Crippen LogP contribution in [0, 0.1) is 12.8 Å². The topological polar surface area (TPSA) is 89.3 Å². The number of methoxy groups -OCH3 is 1. The van der Waals surface area contributed by atoms with E-state index in [1.165, 1.54) is 0 Å². The van der Waals surface area contributed by atoms with Crippen LogP contribution < -0.4 is 10.1 Å². The maximum absolute atomic E-state index is 13.4. The minimum absolute atomic E-state index is 0.00235. The van der Waals surface area contributed by atoms with Crippen LogP contribution in [-0.2, 0) is 7.05 Å². The average Bonchev–Trinajstić information content (AvgIpc) is 3.63. The van der Waals surface area contributed by atoms with Crippen molar-refractivity contribution in [2.75, 3.05) is 20.2 Å². The molecule has 2 amide bonds. The molecule has 5 rings (SSSR count). The van der Waals surface area contributed by atoms with Gasteiger partial charge in [0.15, 0.2) is 0 Å². The van der Waals surface area contributed by atoms with Crippen molar-refractivity contribution >= 4 is 22.8 Å². The van der Waals surface area contributed by atoms with Crippen molar-refractivity contribution in [1.29, 1.82) is 0 Å². The third-order valence-electron chi connectivity index (χ3n) is 7.15. The lowest BCUT2D eigenvalue weighted by Crippen LogP contribution is -2.51. The Labute approximate surface area is 199 Å². The molecule has 1 N–H and O–H groups in total. The lowest BCUT2D eigenvalue weighted by molar-refractivity contribution is 0.0632. The minimum Gasteiger partial charge on any atom is -0.468 e. The number of hydrogen-bond acceptors (Lipinski definition) is 5. The van der Waals surface area contributed by atoms with Gasteiger partial charge < -0.3 is 15.0 Å². The predicted octanol–water partition coefficient (Wildman–Crippen LogP) is 3.44. The van der Waals surface area contributed by atoms with Crippen LogP contribution in [0.15, 0.2) is 30.5 Å². The van der Waals surface area contributed by atoms with E-state index >= 15 is 0 Å². The summed E-state index contributed by atoms with van der Waals surface area (Å²) in [7, 11) is 3.47. The molecule has 0 radical (unpaired) electrons. The van der Waals surface area contributed by atoms with Crippen LogP contribution in [0.1, 0.15) is 64.1 Å². The Kier molecular flexibility index (Phi) is 5.75. The molecule has 2 aliphatic rings. The van der Waals surface area contributed by atoms with Gasteiger partial charge in [0.1, 0.15) is 5.69 Å². The quantitative estimate of drug-likeness (QED) is 0.629. The molecule has 1 saturated carbocycles. The summed E-state index contributed by atoms with van der Waals surface area (Å²) >= 11 is 0. The van der Waals surface area contributed by atoms with Crippen molar-refractivity contribution in [3.8, 4) is 6.01 Å². The first kappa shape index (κ1) is 22.4. The summed E-state index contributed by atoms with van der Waals surface area (Å²) in [6.45, 7) is 5.24. The maximum Gasteiger partial charge on any atom is 0.296 e. The fourth-order valence-corrected chi connectivity index (χ4v) is 5.04. The van der Waals surface area contributed by atoms with Gasteiger partial charge in [-0.3, -0.25) is 19.1 Å². The Bertz CT molecular complexity index is 1260. The van der Waals surface area contributed by atoms with Crippen molar-refractivity contribution in [3.05, 3.63) is 52.8 Å². The number of hydrogen-bond donors (Lipinski definition) is 1. The molecule has 1 aliphatic heterocycles. The lowest BCUT2D eigenvalue weighted by atomic mass is 9.92. The number of carbonyl (C=O) groups is 2. The first-order valence-corrected chi connectivity index (χ1v) is 11.9. The highest BCUT2D eigenvalue weighted by Gasteiger charge is 2.33. The van der Waals surface area contributed by atoms with Crippen LogP contribution in [0.2, 0.25) is 0 Å². The maximum atomic E-state index is 13.4. The van der Waals surface area contributed by atoms with Crippen LogP contribution in [-0.4, -0.2) is 57.5 Å². The number of nitrogens with one attached hydrogen (secondary N) is 1. The second-order valence-corrected chi connectivity index (χ2v) is 9.63. The number of fused-ring (bicyclic) bond motifs is 1. The second kappa shape index (κ2) is 8.74. The molecular weight excluding hydrogens is 430 g/mol. The first-order chi connectivity index (χ1) is 16.4. The van der Waals surface area contributed by atoms with Gasteiger partial charge >= 0.3 is 0 Å². The molecule has 0 unspecified atom stereocenters. The van der Waals surface area contributed by atoms with Crippen LogP contribution in [0.3, 0.4) is 0 Å². The zero-order chi connectivity index (χ0) is 24.0. The van der Waals surface area contributed by atoms with Gasteiger partial charge in [-0.15, -0.1) is 0 Å². The van der Waals surface area contributed by atoms with Crippen LogP contribution >= 0.6 is 0 Å². The minimum atomic E-state index is -0.106. The highest BCUT2D eigenvalue weighted by atomic mass is 16.5. The molecule has 1 aromatic carbocycles. The van der Waals surface area contributed by atoms with E-state index in [1.807, 2.05) is 47.7 Å². The molecule has 3 aromatic rings. The number of nitrogens with zero attached hydrogens (tertiary/aromatic N) is 4. The number of aryl methyl sites for hydroxylation is 2. The van der Waals surface area contributed by atoms with Crippen LogP contribution in [0.25, 0.3) is 11.0 Å². The van der Waals surface area contributed by atoms with E-state index in [-0.39, 0.29) is 23.8 Å². The van der Waals surface area contributed by atoms with Gasteiger partial charge in [0.05, 0.1) is 18.1 Å². The first-order valence-electron chi connectivity index (χ1n) is 11.9. The summed E-state index contributed by atoms with van der Waals surface area (Å²) in [6.07, 6.45) is 4.65. The van der Waals surface area contributed by atoms with E-state index in [1.54, 1.807) is 13.3 Å². The number of ether oxygens (including phenoxy) is 1. The van der Waals surface area contributed by atoms with Crippen molar-refractivity contribution in [2.45, 2.75) is 45.1 Å². The van der Waals surface area contributed by atoms with Gasteiger partial charge in [0.2, 0.25) is 0 Å². The monoisotopic (exact) mass is 461 g/mol. The lowest BCUT2D eigenvalue weighted by Gasteiger charge is -2.37. The molecule has 0 bridgehead atoms. The van der Waals surface area contributed by atoms with Gasteiger partial charge in [-0.2, -0.15) is 4.98 Å². The normalized spacial score (nSPS) is 20.4. The molecule has 2 aromatic heterocycles. The van der Waals surface area contributed by atoms with Gasteiger partial charge in [-0.05, 0) is 67.3 Å². The van der Waals surface area contributed by atoms with Crippen molar-refractivity contribution in [2.24, 2.45) is 13.0 Å². The number of imidazole rings is 1. The number of amides is 2. The summed E-state index contributed by atoms with van der Waals surface area (Å²) in [4.78, 5) is 37.1. The van der Waals surface area contributed by atoms with Gasteiger partial charge in [0.25, 0.3) is 17.8 Å². The molecular formula is C26H31N5O3. The van der Waals surface area contributed by atoms with E-state index in [2.05, 4.69) is 22.2 Å². The Morgan fingerprint density at radius 1 is 1.21 bits per heavy atom. The molecule has 1 aliphatic carbocycles. The molecule has 0 spiro atoms. The Morgan fingerprint density at radius 3 is 2.71 bits per heavy atom. The molecule has 8 nitrogen and oxygen atoms in total. The Balaban J connectivity index is 1.28. The summed E-state index contributed by atoms with van der Waals surface area (Å²) in [5.74, 6) is 0.496. The third kappa shape index (κ3) is 4.02. The number of pyridine rings is 1. The molecule has 8 heteroatoms. The summed E-state index contributed by atoms with van der Waals surface area (Å²) in [5.41, 5.74) is 4.90. The molecule has 178 valence electrons. The molecule has 1 saturated heterocycles. The van der Waals surface area contributed by atoms with E-state index in [9.17, 15) is 9.59 Å². The fraction of sp³-hybridized carbons (Fsp3) is 0.462. The molecule has 3 heterocycles. The zero-order valence-electron chi connectivity index (χ0n) is 20.2. The number of aromatic nitrogens is 3. The van der Waals surface area contributed by atoms with Gasteiger partial charge in [-0.1, -0.05) is 13.0 Å². The number of piperidine rings is 1. The summed E-state index contributed by atoms with van der Waals surface area (Å²) in [6, 6.07) is 8.23. The smallest absolute Gasteiger partial charge is 0.296 e. The van der Waals surface area contributed by atoms with Crippen molar-refractivity contribution in [3.63, 3.8) is 0 Å². The summed E-state index contributed by atoms with van der Waals surface area (Å²) < 4.78 is 7.19. The molecule has 2 fully saturated rings.